The molecular weight excluding hydrogens is 681 g/mol. The lowest BCUT2D eigenvalue weighted by Crippen LogP contribution is -2.39. The highest BCUT2D eigenvalue weighted by Gasteiger charge is 2.27. The number of benzene rings is 4. The van der Waals surface area contributed by atoms with Crippen molar-refractivity contribution in [3.63, 3.8) is 0 Å². The molecule has 0 aromatic heterocycles. The first kappa shape index (κ1) is 32.2. The molecule has 0 aliphatic heterocycles. The Labute approximate surface area is 268 Å². The lowest BCUT2D eigenvalue weighted by molar-refractivity contribution is -0.119. The molecule has 0 atom stereocenters. The fraction of sp³-hybridized carbons (Fsp3) is 0.133. The molecule has 224 valence electrons. The number of nitrogens with one attached hydrogen (secondary N) is 1. The van der Waals surface area contributed by atoms with Gasteiger partial charge in [0, 0.05) is 5.02 Å². The van der Waals surface area contributed by atoms with Gasteiger partial charge in [-0.15, -0.1) is 0 Å². The van der Waals surface area contributed by atoms with Crippen molar-refractivity contribution in [1.82, 2.24) is 5.43 Å². The largest absolute Gasteiger partial charge is 0.495 e. The highest BCUT2D eigenvalue weighted by Crippen LogP contribution is 2.37. The minimum Gasteiger partial charge on any atom is -0.495 e. The normalized spacial score (nSPS) is 11.3. The van der Waals surface area contributed by atoms with Crippen LogP contribution in [0.25, 0.3) is 0 Å². The molecule has 1 amide bonds. The zero-order valence-electron chi connectivity index (χ0n) is 23.0. The molecule has 13 heteroatoms. The Morgan fingerprint density at radius 2 is 1.65 bits per heavy atom. The number of hydrogen-bond donors (Lipinski definition) is 1. The Bertz CT molecular complexity index is 1720. The van der Waals surface area contributed by atoms with Crippen LogP contribution in [0, 0.1) is 0 Å². The molecule has 0 bridgehead atoms. The number of hydrogen-bond acceptors (Lipinski definition) is 7. The first-order chi connectivity index (χ1) is 20.6. The molecule has 1 N–H and O–H groups in total. The molecule has 0 fully saturated rings. The summed E-state index contributed by atoms with van der Waals surface area (Å²) >= 11 is 15.7. The van der Waals surface area contributed by atoms with Gasteiger partial charge >= 0.3 is 0 Å². The van der Waals surface area contributed by atoms with E-state index < -0.39 is 22.5 Å². The Balaban J connectivity index is 1.50. The SMILES string of the molecule is COc1ccc(N(CC(=O)N/N=C\c2cc(Br)c(OCc3ccc(Cl)cc3)c(OC)c2)S(=O)(=O)c2ccccc2)cc1Cl. The van der Waals surface area contributed by atoms with Crippen molar-refractivity contribution < 1.29 is 27.4 Å². The number of ether oxygens (including phenoxy) is 3. The molecule has 0 aliphatic rings. The Hall–Kier alpha value is -3.77. The van der Waals surface area contributed by atoms with Crippen molar-refractivity contribution in [2.45, 2.75) is 11.5 Å². The van der Waals surface area contributed by atoms with Crippen LogP contribution in [-0.2, 0) is 21.4 Å². The van der Waals surface area contributed by atoms with Crippen LogP contribution in [0.4, 0.5) is 5.69 Å². The highest BCUT2D eigenvalue weighted by atomic mass is 79.9. The Morgan fingerprint density at radius 1 is 0.953 bits per heavy atom. The number of methoxy groups -OCH3 is 2. The number of nitrogens with zero attached hydrogens (tertiary/aromatic N) is 2. The lowest BCUT2D eigenvalue weighted by atomic mass is 10.2. The molecule has 0 saturated carbocycles. The standard InChI is InChI=1S/C30H26BrCl2N3O6S/c1-40-27-13-12-23(16-26(27)33)36(43(38,39)24-6-4-3-5-7-24)18-29(37)35-34-17-21-14-25(31)30(28(15-21)41-2)42-19-20-8-10-22(32)11-9-20/h3-17H,18-19H2,1-2H3,(H,35,37)/b34-17-. The summed E-state index contributed by atoms with van der Waals surface area (Å²) in [6.07, 6.45) is 1.40. The van der Waals surface area contributed by atoms with Gasteiger partial charge in [-0.25, -0.2) is 13.8 Å². The average molecular weight is 707 g/mol. The molecule has 0 unspecified atom stereocenters. The lowest BCUT2D eigenvalue weighted by Gasteiger charge is -2.24. The molecule has 9 nitrogen and oxygen atoms in total. The minimum atomic E-state index is -4.13. The van der Waals surface area contributed by atoms with Gasteiger partial charge in [-0.2, -0.15) is 5.10 Å². The van der Waals surface area contributed by atoms with Crippen molar-refractivity contribution >= 4 is 67.0 Å². The van der Waals surface area contributed by atoms with E-state index in [-0.39, 0.29) is 22.2 Å². The maximum absolute atomic E-state index is 13.5. The number of carbonyl (C=O) groups excluding carboxylic acids is 1. The monoisotopic (exact) mass is 705 g/mol. The second kappa shape index (κ2) is 14.6. The summed E-state index contributed by atoms with van der Waals surface area (Å²) in [7, 11) is -1.18. The summed E-state index contributed by atoms with van der Waals surface area (Å²) in [5, 5.41) is 4.83. The topological polar surface area (TPSA) is 107 Å². The van der Waals surface area contributed by atoms with E-state index >= 15 is 0 Å². The van der Waals surface area contributed by atoms with Crippen molar-refractivity contribution in [1.29, 1.82) is 0 Å². The van der Waals surface area contributed by atoms with E-state index in [2.05, 4.69) is 26.5 Å². The first-order valence-corrected chi connectivity index (χ1v) is 15.6. The molecular formula is C30H26BrCl2N3O6S. The number of carbonyl (C=O) groups is 1. The minimum absolute atomic E-state index is 0.00792. The number of anilines is 1. The quantitative estimate of drug-likeness (QED) is 0.130. The fourth-order valence-corrected chi connectivity index (χ4v) is 6.27. The van der Waals surface area contributed by atoms with Crippen molar-refractivity contribution in [3.05, 3.63) is 111 Å². The smallest absolute Gasteiger partial charge is 0.264 e. The molecule has 0 saturated heterocycles. The van der Waals surface area contributed by atoms with Crippen molar-refractivity contribution in [3.8, 4) is 17.2 Å². The zero-order chi connectivity index (χ0) is 31.0. The van der Waals surface area contributed by atoms with Crippen LogP contribution in [0.1, 0.15) is 11.1 Å². The van der Waals surface area contributed by atoms with Gasteiger partial charge in [0.15, 0.2) is 11.5 Å². The summed E-state index contributed by atoms with van der Waals surface area (Å²) in [5.41, 5.74) is 4.07. The van der Waals surface area contributed by atoms with E-state index in [1.165, 1.54) is 50.8 Å². The second-order valence-electron chi connectivity index (χ2n) is 8.89. The summed E-state index contributed by atoms with van der Waals surface area (Å²) < 4.78 is 45.2. The number of hydrazone groups is 1. The third-order valence-electron chi connectivity index (χ3n) is 5.99. The average Bonchev–Trinajstić information content (AvgIpc) is 3.00. The van der Waals surface area contributed by atoms with Crippen molar-refractivity contribution in [2.24, 2.45) is 5.10 Å². The third kappa shape index (κ3) is 8.20. The summed E-state index contributed by atoms with van der Waals surface area (Å²) in [6, 6.07) is 22.9. The summed E-state index contributed by atoms with van der Waals surface area (Å²) in [6.45, 7) is -0.279. The number of amides is 1. The predicted octanol–water partition coefficient (Wildman–Crippen LogP) is 6.70. The molecule has 4 aromatic carbocycles. The molecule has 4 rings (SSSR count). The maximum atomic E-state index is 13.5. The number of rotatable bonds is 12. The second-order valence-corrected chi connectivity index (χ2v) is 12.4. The van der Waals surface area contributed by atoms with Crippen molar-refractivity contribution in [2.75, 3.05) is 25.1 Å². The van der Waals surface area contributed by atoms with E-state index in [4.69, 9.17) is 37.4 Å². The van der Waals surface area contributed by atoms with Crippen LogP contribution >= 0.6 is 39.1 Å². The van der Waals surface area contributed by atoms with E-state index in [1.54, 1.807) is 42.5 Å². The summed E-state index contributed by atoms with van der Waals surface area (Å²) in [4.78, 5) is 12.9. The van der Waals surface area contributed by atoms with Crippen LogP contribution in [0.15, 0.2) is 99.4 Å². The zero-order valence-corrected chi connectivity index (χ0v) is 26.9. The molecule has 43 heavy (non-hydrogen) atoms. The van der Waals surface area contributed by atoms with Gasteiger partial charge in [0.25, 0.3) is 15.9 Å². The van der Waals surface area contributed by atoms with E-state index in [0.717, 1.165) is 9.87 Å². The van der Waals surface area contributed by atoms with Crippen LogP contribution in [0.2, 0.25) is 10.0 Å². The maximum Gasteiger partial charge on any atom is 0.264 e. The van der Waals surface area contributed by atoms with Crippen LogP contribution < -0.4 is 23.9 Å². The first-order valence-electron chi connectivity index (χ1n) is 12.6. The van der Waals surface area contributed by atoms with Gasteiger partial charge in [-0.05, 0) is 81.7 Å². The molecule has 0 heterocycles. The van der Waals surface area contributed by atoms with Gasteiger partial charge in [-0.3, -0.25) is 9.10 Å². The Kier molecular flexibility index (Phi) is 10.9. The van der Waals surface area contributed by atoms with Crippen LogP contribution in [-0.4, -0.2) is 41.3 Å². The number of halogens is 3. The number of sulfonamides is 1. The van der Waals surface area contributed by atoms with Crippen LogP contribution in [0.3, 0.4) is 0 Å². The van der Waals surface area contributed by atoms with Gasteiger partial charge in [-0.1, -0.05) is 53.5 Å². The summed E-state index contributed by atoms with van der Waals surface area (Å²) in [5.74, 6) is 0.599. The predicted molar refractivity (Wildman–Crippen MR) is 171 cm³/mol. The third-order valence-corrected chi connectivity index (χ3v) is 8.92. The van der Waals surface area contributed by atoms with E-state index in [1.807, 2.05) is 12.1 Å². The Morgan fingerprint density at radius 3 is 2.30 bits per heavy atom. The van der Waals surface area contributed by atoms with E-state index in [0.29, 0.717) is 32.3 Å². The molecule has 4 aromatic rings. The van der Waals surface area contributed by atoms with Crippen LogP contribution in [0.5, 0.6) is 17.2 Å². The molecule has 0 spiro atoms. The van der Waals surface area contributed by atoms with Gasteiger partial charge in [0.1, 0.15) is 18.9 Å². The van der Waals surface area contributed by atoms with Gasteiger partial charge in [0.2, 0.25) is 0 Å². The highest BCUT2D eigenvalue weighted by molar-refractivity contribution is 9.10. The molecule has 0 aliphatic carbocycles. The fourth-order valence-electron chi connectivity index (χ4n) is 3.88. The van der Waals surface area contributed by atoms with E-state index in [9.17, 15) is 13.2 Å². The molecule has 0 radical (unpaired) electrons. The van der Waals surface area contributed by atoms with Gasteiger partial charge < -0.3 is 14.2 Å². The van der Waals surface area contributed by atoms with Gasteiger partial charge in [0.05, 0.1) is 40.5 Å².